The summed E-state index contributed by atoms with van der Waals surface area (Å²) in [6.45, 7) is 0. The van der Waals surface area contributed by atoms with E-state index in [-0.39, 0.29) is 13.5 Å². The lowest BCUT2D eigenvalue weighted by Crippen LogP contribution is -2.28. The van der Waals surface area contributed by atoms with Crippen molar-refractivity contribution in [2.45, 2.75) is 7.43 Å². The van der Waals surface area contributed by atoms with Crippen LogP contribution in [0.25, 0.3) is 0 Å². The van der Waals surface area contributed by atoms with Crippen LogP contribution in [0.15, 0.2) is 4.99 Å². The first-order chi connectivity index (χ1) is 5.72. The number of rotatable bonds is 0. The van der Waals surface area contributed by atoms with Crippen LogP contribution >= 0.6 is 0 Å². The van der Waals surface area contributed by atoms with Gasteiger partial charge in [-0.2, -0.15) is 0 Å². The Labute approximate surface area is 79.6 Å². The van der Waals surface area contributed by atoms with Crippen molar-refractivity contribution in [3.8, 4) is 0 Å². The molecule has 0 saturated heterocycles. The molecule has 2 amide bonds. The van der Waals surface area contributed by atoms with E-state index in [1.807, 2.05) is 0 Å². The van der Waals surface area contributed by atoms with E-state index in [0.717, 1.165) is 0 Å². The fourth-order valence-electron chi connectivity index (χ4n) is 0.125. The van der Waals surface area contributed by atoms with Gasteiger partial charge in [0.2, 0.25) is 6.08 Å². The van der Waals surface area contributed by atoms with Crippen LogP contribution < -0.4 is 16.4 Å². The van der Waals surface area contributed by atoms with Gasteiger partial charge in [0.1, 0.15) is 0 Å². The number of carbonyl (C=O) groups is 1. The van der Waals surface area contributed by atoms with Crippen LogP contribution in [-0.2, 0) is 4.79 Å². The van der Waals surface area contributed by atoms with E-state index in [0.29, 0.717) is 0 Å². The summed E-state index contributed by atoms with van der Waals surface area (Å²) in [6.07, 6.45) is 1.31. The van der Waals surface area contributed by atoms with Crippen molar-refractivity contribution in [3.05, 3.63) is 0 Å². The minimum atomic E-state index is -0.157. The lowest BCUT2D eigenvalue weighted by atomic mass is 11.0. The number of nitrogens with one attached hydrogen (secondary N) is 2. The predicted molar refractivity (Wildman–Crippen MR) is 54.4 cm³/mol. The summed E-state index contributed by atoms with van der Waals surface area (Å²) in [6, 6.07) is -0.157. The van der Waals surface area contributed by atoms with Gasteiger partial charge in [-0.25, -0.2) is 14.6 Å². The molecule has 4 N–H and O–H groups in total. The molecule has 0 radical (unpaired) electrons. The van der Waals surface area contributed by atoms with Gasteiger partial charge in [0.15, 0.2) is 0 Å². The SMILES string of the molecule is C.CN.CN=C=O.CNC(=O)NC. The Kier molecular flexibility index (Phi) is 54.0. The van der Waals surface area contributed by atoms with Crippen LogP contribution in [0, 0.1) is 0 Å². The molecule has 0 aromatic rings. The first-order valence-electron chi connectivity index (χ1n) is 3.16. The van der Waals surface area contributed by atoms with Gasteiger partial charge in [0, 0.05) is 21.1 Å². The normalized spacial score (nSPS) is 5.00. The van der Waals surface area contributed by atoms with Crippen molar-refractivity contribution in [2.75, 3.05) is 28.2 Å². The number of nitrogens with zero attached hydrogens (tertiary/aromatic N) is 1. The molecule has 0 aliphatic rings. The van der Waals surface area contributed by atoms with Gasteiger partial charge in [-0.15, -0.1) is 0 Å². The minimum Gasteiger partial charge on any atom is -0.341 e. The van der Waals surface area contributed by atoms with Gasteiger partial charge in [0.25, 0.3) is 0 Å². The highest BCUT2D eigenvalue weighted by Crippen LogP contribution is 1.48. The average Bonchev–Trinajstić information content (AvgIpc) is 2.20. The quantitative estimate of drug-likeness (QED) is 0.363. The Hall–Kier alpha value is -1.39. The van der Waals surface area contributed by atoms with Crippen LogP contribution in [0.3, 0.4) is 0 Å². The first kappa shape index (κ1) is 22.6. The maximum Gasteiger partial charge on any atom is 0.314 e. The molecule has 0 rings (SSSR count). The lowest BCUT2D eigenvalue weighted by molar-refractivity contribution is 0.245. The maximum absolute atomic E-state index is 9.96. The largest absolute Gasteiger partial charge is 0.341 e. The number of amides is 2. The Morgan fingerprint density at radius 3 is 1.54 bits per heavy atom. The Morgan fingerprint density at radius 1 is 1.31 bits per heavy atom. The van der Waals surface area contributed by atoms with E-state index >= 15 is 0 Å². The fourth-order valence-corrected chi connectivity index (χ4v) is 0.125. The molecular weight excluding hydrogens is 172 g/mol. The second-order valence-corrected chi connectivity index (χ2v) is 1.14. The lowest BCUT2D eigenvalue weighted by Gasteiger charge is -1.91. The number of carbonyl (C=O) groups excluding carboxylic acids is 2. The molecule has 80 valence electrons. The van der Waals surface area contributed by atoms with Crippen molar-refractivity contribution >= 4 is 12.1 Å². The third-order valence-corrected chi connectivity index (χ3v) is 0.545. The summed E-state index contributed by atoms with van der Waals surface area (Å²) in [5, 5.41) is 4.73. The third kappa shape index (κ3) is 60.4. The summed E-state index contributed by atoms with van der Waals surface area (Å²) in [4.78, 5) is 21.8. The highest BCUT2D eigenvalue weighted by molar-refractivity contribution is 5.72. The highest BCUT2D eigenvalue weighted by atomic mass is 16.2. The molecule has 6 heteroatoms. The monoisotopic (exact) mass is 192 g/mol. The topological polar surface area (TPSA) is 96.6 Å². The molecule has 13 heavy (non-hydrogen) atoms. The molecule has 0 aromatic heterocycles. The van der Waals surface area contributed by atoms with Gasteiger partial charge in [-0.3, -0.25) is 0 Å². The van der Waals surface area contributed by atoms with Crippen LogP contribution in [0.5, 0.6) is 0 Å². The molecule has 0 fully saturated rings. The van der Waals surface area contributed by atoms with Gasteiger partial charge < -0.3 is 16.4 Å². The number of nitrogens with two attached hydrogens (primary N) is 1. The van der Waals surface area contributed by atoms with E-state index in [2.05, 4.69) is 21.4 Å². The van der Waals surface area contributed by atoms with Crippen molar-refractivity contribution in [2.24, 2.45) is 10.7 Å². The molecule has 0 heterocycles. The summed E-state index contributed by atoms with van der Waals surface area (Å²) >= 11 is 0. The van der Waals surface area contributed by atoms with E-state index in [9.17, 15) is 4.79 Å². The zero-order chi connectivity index (χ0) is 10.4. The number of hydrogen-bond donors (Lipinski definition) is 3. The molecule has 6 nitrogen and oxygen atoms in total. The Bertz CT molecular complexity index is 126. The minimum absolute atomic E-state index is 0. The molecule has 0 aliphatic carbocycles. The Morgan fingerprint density at radius 2 is 1.54 bits per heavy atom. The van der Waals surface area contributed by atoms with Crippen molar-refractivity contribution in [3.63, 3.8) is 0 Å². The molecule has 0 bridgehead atoms. The van der Waals surface area contributed by atoms with E-state index in [1.165, 1.54) is 20.2 Å². The molecule has 0 aliphatic heterocycles. The molecule has 0 unspecified atom stereocenters. The van der Waals surface area contributed by atoms with E-state index in [4.69, 9.17) is 4.79 Å². The summed E-state index contributed by atoms with van der Waals surface area (Å²) in [7, 11) is 6.02. The van der Waals surface area contributed by atoms with Crippen molar-refractivity contribution in [1.29, 1.82) is 0 Å². The summed E-state index contributed by atoms with van der Waals surface area (Å²) in [5.41, 5.74) is 4.50. The second-order valence-electron chi connectivity index (χ2n) is 1.14. The average molecular weight is 192 g/mol. The highest BCUT2D eigenvalue weighted by Gasteiger charge is 1.81. The van der Waals surface area contributed by atoms with Gasteiger partial charge in [0.05, 0.1) is 0 Å². The molecule has 0 aromatic carbocycles. The fraction of sp³-hybridized carbons (Fsp3) is 0.714. The zero-order valence-electron chi connectivity index (χ0n) is 7.84. The summed E-state index contributed by atoms with van der Waals surface area (Å²) < 4.78 is 0. The third-order valence-electron chi connectivity index (χ3n) is 0.545. The number of aliphatic imine (C=N–C) groups is 1. The maximum atomic E-state index is 9.96. The molecular formula is C7H20N4O2. The van der Waals surface area contributed by atoms with E-state index < -0.39 is 0 Å². The zero-order valence-corrected chi connectivity index (χ0v) is 7.84. The second kappa shape index (κ2) is 31.1. The van der Waals surface area contributed by atoms with Crippen LogP contribution in [0.4, 0.5) is 4.79 Å². The predicted octanol–water partition coefficient (Wildman–Crippen LogP) is -0.292. The molecule has 0 atom stereocenters. The summed E-state index contributed by atoms with van der Waals surface area (Å²) in [5.74, 6) is 0. The van der Waals surface area contributed by atoms with Crippen LogP contribution in [-0.4, -0.2) is 40.3 Å². The number of isocyanates is 1. The van der Waals surface area contributed by atoms with Crippen molar-refractivity contribution < 1.29 is 9.59 Å². The van der Waals surface area contributed by atoms with Gasteiger partial charge in [-0.05, 0) is 7.05 Å². The first-order valence-corrected chi connectivity index (χ1v) is 3.16. The smallest absolute Gasteiger partial charge is 0.314 e. The van der Waals surface area contributed by atoms with Crippen LogP contribution in [0.1, 0.15) is 7.43 Å². The molecule has 0 saturated carbocycles. The van der Waals surface area contributed by atoms with Crippen molar-refractivity contribution in [1.82, 2.24) is 10.6 Å². The standard InChI is InChI=1S/C3H8N2O.C2H3NO.CH5N.CH4/c1-4-3(6)5-2;1-3-2-4;1-2;/h1-2H3,(H2,4,5,6);1H3;2H2,1H3;1H4. The van der Waals surface area contributed by atoms with E-state index in [1.54, 1.807) is 14.1 Å². The number of hydrogen-bond acceptors (Lipinski definition) is 4. The van der Waals surface area contributed by atoms with Crippen LogP contribution in [0.2, 0.25) is 0 Å². The Balaban J connectivity index is -0.0000000512. The van der Waals surface area contributed by atoms with Gasteiger partial charge >= 0.3 is 6.03 Å². The molecule has 0 spiro atoms. The van der Waals surface area contributed by atoms with Gasteiger partial charge in [-0.1, -0.05) is 7.43 Å². The number of urea groups is 1.